The second kappa shape index (κ2) is 8.67. The molecule has 2 N–H and O–H groups in total. The second-order valence-electron chi connectivity index (χ2n) is 9.96. The zero-order valence-corrected chi connectivity index (χ0v) is 19.6. The number of piperidine rings is 2. The molecule has 2 aliphatic heterocycles. The molecule has 3 fully saturated rings. The van der Waals surface area contributed by atoms with Gasteiger partial charge in [-0.3, -0.25) is 4.57 Å². The fourth-order valence-corrected chi connectivity index (χ4v) is 5.58. The molecule has 1 aromatic carbocycles. The molecule has 2 saturated heterocycles. The first-order chi connectivity index (χ1) is 17.0. The van der Waals surface area contributed by atoms with Crippen LogP contribution in [0.2, 0.25) is 0 Å². The first-order valence-electron chi connectivity index (χ1n) is 12.3. The van der Waals surface area contributed by atoms with E-state index in [1.54, 1.807) is 18.3 Å². The highest BCUT2D eigenvalue weighted by molar-refractivity contribution is 5.71. The van der Waals surface area contributed by atoms with Crippen LogP contribution in [0.4, 0.5) is 10.2 Å². The molecule has 3 aliphatic rings. The van der Waals surface area contributed by atoms with Gasteiger partial charge in [-0.2, -0.15) is 4.98 Å². The molecule has 9 nitrogen and oxygen atoms in total. The van der Waals surface area contributed by atoms with Crippen molar-refractivity contribution in [2.75, 3.05) is 4.90 Å². The van der Waals surface area contributed by atoms with Gasteiger partial charge in [-0.05, 0) is 50.7 Å². The number of halogens is 1. The number of phenols is 1. The van der Waals surface area contributed by atoms with E-state index in [4.69, 9.17) is 0 Å². The van der Waals surface area contributed by atoms with Crippen molar-refractivity contribution in [3.05, 3.63) is 46.9 Å². The van der Waals surface area contributed by atoms with Gasteiger partial charge in [-0.15, -0.1) is 10.2 Å². The summed E-state index contributed by atoms with van der Waals surface area (Å²) in [6, 6.07) is 6.63. The summed E-state index contributed by atoms with van der Waals surface area (Å²) in [5.74, 6) is 0.282. The molecule has 182 valence electrons. The van der Waals surface area contributed by atoms with Crippen molar-refractivity contribution in [1.29, 1.82) is 0 Å². The predicted molar refractivity (Wildman–Crippen MR) is 128 cm³/mol. The van der Waals surface area contributed by atoms with Crippen LogP contribution in [0.1, 0.15) is 44.9 Å². The molecule has 3 atom stereocenters. The Bertz CT molecular complexity index is 1300. The standard InChI is InChI=1S/C25H28FN7O2/c1-32-13-20(26)23(29-25(32)35)14-5-8-19(21(34)9-14)24-27-12-22(30-31-24)33(17-6-7-17)18-10-15-3-2-4-16(11-18)28-15/h5,8-9,12-13,15-18,28,34H,2-4,6-7,10-11H2,1H3/t15-,16+,18-. The van der Waals surface area contributed by atoms with E-state index in [1.807, 2.05) is 0 Å². The van der Waals surface area contributed by atoms with Crippen LogP contribution in [0, 0.1) is 5.82 Å². The first kappa shape index (κ1) is 22.1. The fraction of sp³-hybridized carbons (Fsp3) is 0.480. The predicted octanol–water partition coefficient (Wildman–Crippen LogP) is 2.79. The quantitative estimate of drug-likeness (QED) is 0.578. The van der Waals surface area contributed by atoms with Crippen molar-refractivity contribution >= 4 is 5.82 Å². The SMILES string of the molecule is Cn1cc(F)c(-c2ccc(-c3ncc(N(C4CC4)[C@@H]4C[C@H]5CCC[C@@H](C4)N5)nn3)c(O)c2)nc1=O. The Kier molecular flexibility index (Phi) is 5.47. The van der Waals surface area contributed by atoms with Gasteiger partial charge >= 0.3 is 5.69 Å². The molecule has 2 bridgehead atoms. The van der Waals surface area contributed by atoms with Crippen molar-refractivity contribution in [1.82, 2.24) is 30.0 Å². The highest BCUT2D eigenvalue weighted by Crippen LogP contribution is 2.38. The number of anilines is 1. The van der Waals surface area contributed by atoms with E-state index in [1.165, 1.54) is 32.4 Å². The number of aryl methyl sites for hydroxylation is 1. The fourth-order valence-electron chi connectivity index (χ4n) is 5.58. The topological polar surface area (TPSA) is 109 Å². The molecule has 2 aromatic heterocycles. The van der Waals surface area contributed by atoms with Crippen LogP contribution < -0.4 is 15.9 Å². The average molecular weight is 478 g/mol. The van der Waals surface area contributed by atoms with Crippen LogP contribution in [0.3, 0.4) is 0 Å². The number of nitrogens with zero attached hydrogens (tertiary/aromatic N) is 6. The number of aromatic hydroxyl groups is 1. The zero-order valence-electron chi connectivity index (χ0n) is 19.6. The van der Waals surface area contributed by atoms with E-state index in [0.717, 1.165) is 42.3 Å². The average Bonchev–Trinajstić information content (AvgIpc) is 3.67. The summed E-state index contributed by atoms with van der Waals surface area (Å²) in [5.41, 5.74) is -0.0179. The van der Waals surface area contributed by atoms with Gasteiger partial charge in [0, 0.05) is 43.0 Å². The number of nitrogens with one attached hydrogen (secondary N) is 1. The van der Waals surface area contributed by atoms with Crippen molar-refractivity contribution in [3.8, 4) is 28.4 Å². The van der Waals surface area contributed by atoms with E-state index >= 15 is 0 Å². The van der Waals surface area contributed by atoms with E-state index in [9.17, 15) is 14.3 Å². The Morgan fingerprint density at radius 3 is 2.54 bits per heavy atom. The van der Waals surface area contributed by atoms with Gasteiger partial charge in [0.15, 0.2) is 17.5 Å². The van der Waals surface area contributed by atoms with Crippen LogP contribution in [-0.2, 0) is 7.05 Å². The summed E-state index contributed by atoms with van der Waals surface area (Å²) < 4.78 is 15.4. The first-order valence-corrected chi connectivity index (χ1v) is 12.3. The van der Waals surface area contributed by atoms with Gasteiger partial charge in [0.25, 0.3) is 0 Å². The maximum absolute atomic E-state index is 14.3. The largest absolute Gasteiger partial charge is 0.507 e. The van der Waals surface area contributed by atoms with Gasteiger partial charge in [-0.25, -0.2) is 14.2 Å². The lowest BCUT2D eigenvalue weighted by molar-refractivity contribution is 0.215. The highest BCUT2D eigenvalue weighted by Gasteiger charge is 2.40. The molecule has 10 heteroatoms. The van der Waals surface area contributed by atoms with Crippen LogP contribution in [0.5, 0.6) is 5.75 Å². The second-order valence-corrected chi connectivity index (χ2v) is 9.96. The number of hydrogen-bond acceptors (Lipinski definition) is 8. The number of phenolic OH excluding ortho intramolecular Hbond substituents is 1. The van der Waals surface area contributed by atoms with Gasteiger partial charge < -0.3 is 15.3 Å². The van der Waals surface area contributed by atoms with Gasteiger partial charge in [0.05, 0.1) is 11.8 Å². The summed E-state index contributed by atoms with van der Waals surface area (Å²) >= 11 is 0. The van der Waals surface area contributed by atoms with Crippen molar-refractivity contribution in [2.45, 2.75) is 69.1 Å². The van der Waals surface area contributed by atoms with E-state index < -0.39 is 11.5 Å². The zero-order chi connectivity index (χ0) is 24.1. The molecule has 1 aliphatic carbocycles. The molecular formula is C25H28FN7O2. The van der Waals surface area contributed by atoms with Gasteiger partial charge in [0.2, 0.25) is 0 Å². The lowest BCUT2D eigenvalue weighted by Crippen LogP contribution is -2.55. The third-order valence-corrected chi connectivity index (χ3v) is 7.39. The number of aromatic nitrogens is 5. The summed E-state index contributed by atoms with van der Waals surface area (Å²) in [4.78, 5) is 22.5. The maximum Gasteiger partial charge on any atom is 0.348 e. The number of benzene rings is 1. The lowest BCUT2D eigenvalue weighted by atomic mass is 9.83. The van der Waals surface area contributed by atoms with Crippen LogP contribution >= 0.6 is 0 Å². The Labute approximate surface area is 202 Å². The van der Waals surface area contributed by atoms with E-state index in [2.05, 4.69) is 30.4 Å². The molecule has 6 rings (SSSR count). The molecule has 0 amide bonds. The maximum atomic E-state index is 14.3. The van der Waals surface area contributed by atoms with Gasteiger partial charge in [0.1, 0.15) is 11.4 Å². The summed E-state index contributed by atoms with van der Waals surface area (Å²) in [6.45, 7) is 0. The molecule has 0 radical (unpaired) electrons. The normalized spacial score (nSPS) is 23.8. The summed E-state index contributed by atoms with van der Waals surface area (Å²) in [5, 5.41) is 23.2. The number of hydrogen-bond donors (Lipinski definition) is 2. The van der Waals surface area contributed by atoms with Gasteiger partial charge in [-0.1, -0.05) is 12.5 Å². The Hall–Kier alpha value is -3.40. The molecule has 35 heavy (non-hydrogen) atoms. The molecule has 3 aromatic rings. The van der Waals surface area contributed by atoms with Crippen molar-refractivity contribution < 1.29 is 9.50 Å². The van der Waals surface area contributed by atoms with E-state index in [-0.39, 0.29) is 17.3 Å². The van der Waals surface area contributed by atoms with Crippen LogP contribution in [-0.4, -0.2) is 54.0 Å². The molecule has 0 unspecified atom stereocenters. The summed E-state index contributed by atoms with van der Waals surface area (Å²) in [6.07, 6.45) is 11.2. The van der Waals surface area contributed by atoms with E-state index in [0.29, 0.717) is 35.3 Å². The third kappa shape index (κ3) is 4.27. The Morgan fingerprint density at radius 2 is 1.89 bits per heavy atom. The third-order valence-electron chi connectivity index (χ3n) is 7.39. The van der Waals surface area contributed by atoms with Crippen LogP contribution in [0.25, 0.3) is 22.6 Å². The number of rotatable bonds is 5. The Morgan fingerprint density at radius 1 is 1.11 bits per heavy atom. The number of fused-ring (bicyclic) bond motifs is 2. The monoisotopic (exact) mass is 477 g/mol. The minimum atomic E-state index is -0.649. The Balaban J connectivity index is 1.26. The lowest BCUT2D eigenvalue weighted by Gasteiger charge is -2.45. The highest BCUT2D eigenvalue weighted by atomic mass is 19.1. The molecule has 4 heterocycles. The minimum absolute atomic E-state index is 0.115. The van der Waals surface area contributed by atoms with Crippen LogP contribution in [0.15, 0.2) is 35.4 Å². The molecule has 0 spiro atoms. The molecular weight excluding hydrogens is 449 g/mol. The van der Waals surface area contributed by atoms with Crippen molar-refractivity contribution in [2.24, 2.45) is 7.05 Å². The minimum Gasteiger partial charge on any atom is -0.507 e. The summed E-state index contributed by atoms with van der Waals surface area (Å²) in [7, 11) is 1.43. The molecule has 1 saturated carbocycles. The smallest absolute Gasteiger partial charge is 0.348 e. The van der Waals surface area contributed by atoms with Crippen molar-refractivity contribution in [3.63, 3.8) is 0 Å².